The van der Waals surface area contributed by atoms with Gasteiger partial charge in [-0.2, -0.15) is 5.10 Å². The van der Waals surface area contributed by atoms with E-state index < -0.39 is 4.92 Å². The van der Waals surface area contributed by atoms with E-state index in [-0.39, 0.29) is 5.69 Å². The molecule has 0 aliphatic heterocycles. The van der Waals surface area contributed by atoms with Crippen molar-refractivity contribution in [2.75, 3.05) is 12.0 Å². The van der Waals surface area contributed by atoms with Crippen molar-refractivity contribution in [3.05, 3.63) is 64.2 Å². The largest absolute Gasteiger partial charge is 0.493 e. The van der Waals surface area contributed by atoms with Gasteiger partial charge in [0.2, 0.25) is 0 Å². The molecule has 0 heterocycles. The maximum absolute atomic E-state index is 10.6. The molecule has 126 valence electrons. The third-order valence-corrected chi connectivity index (χ3v) is 3.40. The van der Waals surface area contributed by atoms with Crippen LogP contribution in [0.25, 0.3) is 0 Å². The average Bonchev–Trinajstić information content (AvgIpc) is 2.60. The van der Waals surface area contributed by atoms with E-state index in [4.69, 9.17) is 4.74 Å². The van der Waals surface area contributed by atoms with Gasteiger partial charge in [-0.1, -0.05) is 31.9 Å². The monoisotopic (exact) mass is 327 g/mol. The zero-order valence-electron chi connectivity index (χ0n) is 13.6. The number of unbranched alkanes of at least 4 members (excludes halogenated alkanes) is 2. The number of nitro benzene ring substituents is 1. The fourth-order valence-corrected chi connectivity index (χ4v) is 2.09. The van der Waals surface area contributed by atoms with Gasteiger partial charge in [0.1, 0.15) is 5.75 Å². The molecule has 0 radical (unpaired) electrons. The van der Waals surface area contributed by atoms with Crippen LogP contribution in [0, 0.1) is 10.1 Å². The van der Waals surface area contributed by atoms with Crippen molar-refractivity contribution in [3.8, 4) is 5.75 Å². The van der Waals surface area contributed by atoms with Crippen LogP contribution < -0.4 is 10.2 Å². The lowest BCUT2D eigenvalue weighted by atomic mass is 10.2. The number of para-hydroxylation sites is 1. The molecule has 0 amide bonds. The van der Waals surface area contributed by atoms with E-state index in [1.165, 1.54) is 12.1 Å². The summed E-state index contributed by atoms with van der Waals surface area (Å²) in [5.74, 6) is 0.794. The van der Waals surface area contributed by atoms with Gasteiger partial charge in [0, 0.05) is 17.7 Å². The number of nitrogens with zero attached hydrogens (tertiary/aromatic N) is 2. The van der Waals surface area contributed by atoms with Gasteiger partial charge in [-0.25, -0.2) is 0 Å². The molecule has 0 unspecified atom stereocenters. The molecule has 0 fully saturated rings. The smallest absolute Gasteiger partial charge is 0.269 e. The number of rotatable bonds is 9. The summed E-state index contributed by atoms with van der Waals surface area (Å²) in [4.78, 5) is 10.2. The number of nitro groups is 1. The molecule has 0 spiro atoms. The molecule has 0 aliphatic rings. The van der Waals surface area contributed by atoms with E-state index in [0.717, 1.165) is 30.6 Å². The molecule has 0 saturated carbocycles. The van der Waals surface area contributed by atoms with Crippen molar-refractivity contribution < 1.29 is 9.66 Å². The highest BCUT2D eigenvalue weighted by Crippen LogP contribution is 2.18. The SMILES string of the molecule is CCCCCOc1ccccc1C=NNc1ccc([N+](=O)[O-])cc1. The summed E-state index contributed by atoms with van der Waals surface area (Å²) in [6.07, 6.45) is 5.02. The minimum atomic E-state index is -0.431. The zero-order valence-corrected chi connectivity index (χ0v) is 13.6. The van der Waals surface area contributed by atoms with Crippen LogP contribution in [0.3, 0.4) is 0 Å². The van der Waals surface area contributed by atoms with Gasteiger partial charge in [0.25, 0.3) is 5.69 Å². The van der Waals surface area contributed by atoms with Crippen LogP contribution in [-0.4, -0.2) is 17.7 Å². The second-order valence-corrected chi connectivity index (χ2v) is 5.27. The van der Waals surface area contributed by atoms with E-state index >= 15 is 0 Å². The van der Waals surface area contributed by atoms with Gasteiger partial charge in [-0.05, 0) is 30.7 Å². The second-order valence-electron chi connectivity index (χ2n) is 5.27. The minimum Gasteiger partial charge on any atom is -0.493 e. The second kappa shape index (κ2) is 9.29. The molecule has 0 bridgehead atoms. The Bertz CT molecular complexity index is 684. The number of nitrogens with one attached hydrogen (secondary N) is 1. The molecule has 24 heavy (non-hydrogen) atoms. The molecular formula is C18H21N3O3. The summed E-state index contributed by atoms with van der Waals surface area (Å²) < 4.78 is 5.79. The van der Waals surface area contributed by atoms with Crippen LogP contribution in [0.2, 0.25) is 0 Å². The molecule has 2 aromatic carbocycles. The van der Waals surface area contributed by atoms with Gasteiger partial charge >= 0.3 is 0 Å². The molecule has 2 rings (SSSR count). The topological polar surface area (TPSA) is 76.8 Å². The van der Waals surface area contributed by atoms with Crippen LogP contribution in [0.5, 0.6) is 5.75 Å². The molecule has 6 heteroatoms. The third-order valence-electron chi connectivity index (χ3n) is 3.40. The molecule has 0 atom stereocenters. The van der Waals surface area contributed by atoms with Crippen molar-refractivity contribution in [1.29, 1.82) is 0 Å². The van der Waals surface area contributed by atoms with E-state index in [9.17, 15) is 10.1 Å². The van der Waals surface area contributed by atoms with Gasteiger partial charge in [0.15, 0.2) is 0 Å². The fourth-order valence-electron chi connectivity index (χ4n) is 2.09. The number of ether oxygens (including phenoxy) is 1. The van der Waals surface area contributed by atoms with Crippen LogP contribution >= 0.6 is 0 Å². The predicted octanol–water partition coefficient (Wildman–Crippen LogP) is 4.61. The number of hydrogen-bond donors (Lipinski definition) is 1. The number of hydrazone groups is 1. The molecule has 0 aromatic heterocycles. The van der Waals surface area contributed by atoms with E-state index in [2.05, 4.69) is 17.5 Å². The summed E-state index contributed by atoms with van der Waals surface area (Å²) in [6.45, 7) is 2.85. The normalized spacial score (nSPS) is 10.7. The third kappa shape index (κ3) is 5.39. The van der Waals surface area contributed by atoms with E-state index in [1.54, 1.807) is 18.3 Å². The van der Waals surface area contributed by atoms with Crippen molar-refractivity contribution in [2.45, 2.75) is 26.2 Å². The summed E-state index contributed by atoms with van der Waals surface area (Å²) in [6, 6.07) is 13.8. The summed E-state index contributed by atoms with van der Waals surface area (Å²) >= 11 is 0. The summed E-state index contributed by atoms with van der Waals surface area (Å²) in [5.41, 5.74) is 4.46. The van der Waals surface area contributed by atoms with Crippen molar-refractivity contribution in [2.24, 2.45) is 5.10 Å². The minimum absolute atomic E-state index is 0.0513. The lowest BCUT2D eigenvalue weighted by Crippen LogP contribution is -2.00. The van der Waals surface area contributed by atoms with Crippen LogP contribution in [0.4, 0.5) is 11.4 Å². The van der Waals surface area contributed by atoms with Crippen LogP contribution in [0.1, 0.15) is 31.7 Å². The maximum Gasteiger partial charge on any atom is 0.269 e. The highest BCUT2D eigenvalue weighted by molar-refractivity contribution is 5.84. The van der Waals surface area contributed by atoms with E-state index in [1.807, 2.05) is 24.3 Å². The summed E-state index contributed by atoms with van der Waals surface area (Å²) in [5, 5.41) is 14.8. The van der Waals surface area contributed by atoms with Crippen molar-refractivity contribution >= 4 is 17.6 Å². The van der Waals surface area contributed by atoms with Crippen molar-refractivity contribution in [1.82, 2.24) is 0 Å². The lowest BCUT2D eigenvalue weighted by molar-refractivity contribution is -0.384. The standard InChI is InChI=1S/C18H21N3O3/c1-2-3-6-13-24-18-8-5-4-7-15(18)14-19-20-16-9-11-17(12-10-16)21(22)23/h4-5,7-12,14,20H,2-3,6,13H2,1H3. The highest BCUT2D eigenvalue weighted by atomic mass is 16.6. The Labute approximate surface area is 141 Å². The first-order valence-electron chi connectivity index (χ1n) is 7.96. The number of non-ortho nitro benzene ring substituents is 1. The molecule has 0 aliphatic carbocycles. The van der Waals surface area contributed by atoms with E-state index in [0.29, 0.717) is 12.3 Å². The quantitative estimate of drug-likeness (QED) is 0.316. The zero-order chi connectivity index (χ0) is 17.2. The first-order chi connectivity index (χ1) is 11.7. The van der Waals surface area contributed by atoms with Crippen LogP contribution in [-0.2, 0) is 0 Å². The molecule has 2 aromatic rings. The van der Waals surface area contributed by atoms with Gasteiger partial charge in [-0.15, -0.1) is 0 Å². The van der Waals surface area contributed by atoms with Gasteiger partial charge in [0.05, 0.1) is 23.4 Å². The first kappa shape index (κ1) is 17.5. The molecule has 1 N–H and O–H groups in total. The van der Waals surface area contributed by atoms with Gasteiger partial charge < -0.3 is 4.74 Å². The highest BCUT2D eigenvalue weighted by Gasteiger charge is 2.03. The predicted molar refractivity (Wildman–Crippen MR) is 95.8 cm³/mol. The Balaban J connectivity index is 1.94. The fraction of sp³-hybridized carbons (Fsp3) is 0.278. The van der Waals surface area contributed by atoms with Crippen LogP contribution in [0.15, 0.2) is 53.6 Å². The average molecular weight is 327 g/mol. The first-order valence-corrected chi connectivity index (χ1v) is 7.96. The Hall–Kier alpha value is -2.89. The number of benzene rings is 2. The lowest BCUT2D eigenvalue weighted by Gasteiger charge is -2.08. The number of anilines is 1. The number of hydrogen-bond acceptors (Lipinski definition) is 5. The van der Waals surface area contributed by atoms with Crippen molar-refractivity contribution in [3.63, 3.8) is 0 Å². The maximum atomic E-state index is 10.6. The Kier molecular flexibility index (Phi) is 6.76. The Morgan fingerprint density at radius 2 is 1.92 bits per heavy atom. The molecule has 6 nitrogen and oxygen atoms in total. The summed E-state index contributed by atoms with van der Waals surface area (Å²) in [7, 11) is 0. The molecule has 0 saturated heterocycles. The Morgan fingerprint density at radius 3 is 2.62 bits per heavy atom. The Morgan fingerprint density at radius 1 is 1.17 bits per heavy atom. The van der Waals surface area contributed by atoms with Gasteiger partial charge in [-0.3, -0.25) is 15.5 Å². The molecular weight excluding hydrogens is 306 g/mol.